The Kier molecular flexibility index (Phi) is 8.21. The number of hydrogen-bond donors (Lipinski definition) is 2. The van der Waals surface area contributed by atoms with Crippen molar-refractivity contribution >= 4 is 29.2 Å². The van der Waals surface area contributed by atoms with Gasteiger partial charge in [0.2, 0.25) is 5.91 Å². The van der Waals surface area contributed by atoms with Crippen molar-refractivity contribution in [3.05, 3.63) is 34.6 Å². The molecule has 2 N–H and O–H groups in total. The van der Waals surface area contributed by atoms with Crippen LogP contribution in [0, 0.1) is 0 Å². The molecule has 0 bridgehead atoms. The van der Waals surface area contributed by atoms with E-state index >= 15 is 0 Å². The lowest BCUT2D eigenvalue weighted by molar-refractivity contribution is -0.121. The summed E-state index contributed by atoms with van der Waals surface area (Å²) in [6, 6.07) is 7.04. The Bertz CT molecular complexity index is 689. The normalized spacial score (nSPS) is 10.3. The minimum absolute atomic E-state index is 0. The molecule has 23 heavy (non-hydrogen) atoms. The van der Waals surface area contributed by atoms with Crippen LogP contribution in [-0.4, -0.2) is 40.5 Å². The first-order chi connectivity index (χ1) is 10.7. The number of benzene rings is 1. The summed E-state index contributed by atoms with van der Waals surface area (Å²) < 4.78 is 1.23. The van der Waals surface area contributed by atoms with Gasteiger partial charge >= 0.3 is 0 Å². The summed E-state index contributed by atoms with van der Waals surface area (Å²) in [6.07, 6.45) is 1.28. The van der Waals surface area contributed by atoms with Crippen LogP contribution in [0.1, 0.15) is 19.8 Å². The zero-order chi connectivity index (χ0) is 15.8. The van der Waals surface area contributed by atoms with Gasteiger partial charge in [-0.2, -0.15) is 0 Å². The van der Waals surface area contributed by atoms with Gasteiger partial charge < -0.3 is 10.6 Å². The van der Waals surface area contributed by atoms with Crippen molar-refractivity contribution in [2.24, 2.45) is 0 Å². The van der Waals surface area contributed by atoms with E-state index in [1.807, 2.05) is 0 Å². The molecule has 1 amide bonds. The number of halogens is 1. The molecule has 1 heterocycles. The molecule has 0 radical (unpaired) electrons. The molecule has 2 rings (SSSR count). The van der Waals surface area contributed by atoms with Crippen molar-refractivity contribution in [2.45, 2.75) is 26.3 Å². The predicted octanol–water partition coefficient (Wildman–Crippen LogP) is 0.719. The average molecular weight is 340 g/mol. The Labute approximate surface area is 140 Å². The summed E-state index contributed by atoms with van der Waals surface area (Å²) in [5.41, 5.74) is 0.346. The predicted molar refractivity (Wildman–Crippen MR) is 91.8 cm³/mol. The van der Waals surface area contributed by atoms with Crippen LogP contribution in [0.25, 0.3) is 10.9 Å². The summed E-state index contributed by atoms with van der Waals surface area (Å²) in [5, 5.41) is 14.4. The largest absolute Gasteiger partial charge is 0.355 e. The molecule has 0 spiro atoms. The third kappa shape index (κ3) is 5.61. The van der Waals surface area contributed by atoms with Gasteiger partial charge in [0.15, 0.2) is 0 Å². The van der Waals surface area contributed by atoms with Gasteiger partial charge in [-0.25, -0.2) is 4.68 Å². The highest BCUT2D eigenvalue weighted by molar-refractivity contribution is 5.85. The standard InChI is InChI=1S/C15H21N5O2.ClH/c1-2-8-16-9-10-17-14(21)7-11-20-15(22)12-5-3-4-6-13(12)18-19-20;/h3-6,16H,2,7-11H2,1H3,(H,17,21);1H. The average Bonchev–Trinajstić information content (AvgIpc) is 2.54. The van der Waals surface area contributed by atoms with Gasteiger partial charge in [0.1, 0.15) is 5.52 Å². The minimum atomic E-state index is -0.219. The fourth-order valence-electron chi connectivity index (χ4n) is 2.06. The fourth-order valence-corrected chi connectivity index (χ4v) is 2.06. The number of hydrogen-bond acceptors (Lipinski definition) is 5. The highest BCUT2D eigenvalue weighted by Crippen LogP contribution is 2.03. The molecule has 0 saturated heterocycles. The molecule has 0 unspecified atom stereocenters. The third-order valence-electron chi connectivity index (χ3n) is 3.23. The second kappa shape index (κ2) is 9.91. The molecule has 7 nitrogen and oxygen atoms in total. The van der Waals surface area contributed by atoms with Gasteiger partial charge in [0.25, 0.3) is 5.56 Å². The Balaban J connectivity index is 0.00000264. The fraction of sp³-hybridized carbons (Fsp3) is 0.467. The van der Waals surface area contributed by atoms with E-state index in [0.717, 1.165) is 19.5 Å². The molecular formula is C15H22ClN5O2. The first kappa shape index (κ1) is 19.1. The number of carbonyl (C=O) groups is 1. The lowest BCUT2D eigenvalue weighted by Crippen LogP contribution is -2.33. The molecule has 8 heteroatoms. The van der Waals surface area contributed by atoms with Crippen molar-refractivity contribution in [1.82, 2.24) is 25.6 Å². The maximum absolute atomic E-state index is 12.2. The van der Waals surface area contributed by atoms with Crippen molar-refractivity contribution in [2.75, 3.05) is 19.6 Å². The van der Waals surface area contributed by atoms with Gasteiger partial charge in [0, 0.05) is 19.5 Å². The van der Waals surface area contributed by atoms with Crippen LogP contribution in [0.15, 0.2) is 29.1 Å². The number of nitrogens with zero attached hydrogens (tertiary/aromatic N) is 3. The van der Waals surface area contributed by atoms with Crippen LogP contribution in [0.4, 0.5) is 0 Å². The van der Waals surface area contributed by atoms with Crippen LogP contribution in [0.2, 0.25) is 0 Å². The maximum Gasteiger partial charge on any atom is 0.277 e. The van der Waals surface area contributed by atoms with E-state index < -0.39 is 0 Å². The van der Waals surface area contributed by atoms with E-state index in [2.05, 4.69) is 27.9 Å². The summed E-state index contributed by atoms with van der Waals surface area (Å²) in [4.78, 5) is 23.9. The van der Waals surface area contributed by atoms with Crippen molar-refractivity contribution in [3.8, 4) is 0 Å². The molecule has 126 valence electrons. The topological polar surface area (TPSA) is 88.9 Å². The second-order valence-electron chi connectivity index (χ2n) is 4.98. The van der Waals surface area contributed by atoms with Crippen LogP contribution in [0.3, 0.4) is 0 Å². The molecule has 0 saturated carbocycles. The van der Waals surface area contributed by atoms with Gasteiger partial charge in [-0.05, 0) is 25.1 Å². The van der Waals surface area contributed by atoms with Gasteiger partial charge in [-0.1, -0.05) is 24.3 Å². The summed E-state index contributed by atoms with van der Waals surface area (Å²) >= 11 is 0. The Hall–Kier alpha value is -1.99. The van der Waals surface area contributed by atoms with E-state index in [0.29, 0.717) is 17.4 Å². The number of rotatable bonds is 8. The number of carbonyl (C=O) groups excluding carboxylic acids is 1. The zero-order valence-electron chi connectivity index (χ0n) is 13.1. The van der Waals surface area contributed by atoms with E-state index in [1.54, 1.807) is 24.3 Å². The number of fused-ring (bicyclic) bond motifs is 1. The molecule has 1 aromatic carbocycles. The molecule has 0 aliphatic rings. The van der Waals surface area contributed by atoms with Gasteiger partial charge in [-0.15, -0.1) is 17.5 Å². The monoisotopic (exact) mass is 339 g/mol. The number of aryl methyl sites for hydroxylation is 1. The van der Waals surface area contributed by atoms with Crippen molar-refractivity contribution < 1.29 is 4.79 Å². The second-order valence-corrected chi connectivity index (χ2v) is 4.98. The van der Waals surface area contributed by atoms with Gasteiger partial charge in [-0.3, -0.25) is 9.59 Å². The Morgan fingerprint density at radius 1 is 1.22 bits per heavy atom. The molecule has 0 fully saturated rings. The summed E-state index contributed by atoms with van der Waals surface area (Å²) in [6.45, 7) is 4.59. The van der Waals surface area contributed by atoms with Crippen molar-refractivity contribution in [3.63, 3.8) is 0 Å². The Morgan fingerprint density at radius 2 is 2.00 bits per heavy atom. The molecule has 2 aromatic rings. The van der Waals surface area contributed by atoms with Crippen molar-refractivity contribution in [1.29, 1.82) is 0 Å². The minimum Gasteiger partial charge on any atom is -0.355 e. The van der Waals surface area contributed by atoms with E-state index in [1.165, 1.54) is 4.68 Å². The molecule has 0 aliphatic carbocycles. The smallest absolute Gasteiger partial charge is 0.277 e. The van der Waals surface area contributed by atoms with Crippen LogP contribution in [-0.2, 0) is 11.3 Å². The summed E-state index contributed by atoms with van der Waals surface area (Å²) in [7, 11) is 0. The summed E-state index contributed by atoms with van der Waals surface area (Å²) in [5.74, 6) is -0.0971. The molecular weight excluding hydrogens is 318 g/mol. The van der Waals surface area contributed by atoms with E-state index in [9.17, 15) is 9.59 Å². The molecule has 0 aliphatic heterocycles. The first-order valence-electron chi connectivity index (χ1n) is 7.52. The van der Waals surface area contributed by atoms with E-state index in [-0.39, 0.29) is 36.8 Å². The van der Waals surface area contributed by atoms with Crippen LogP contribution >= 0.6 is 12.4 Å². The number of nitrogens with one attached hydrogen (secondary N) is 2. The lowest BCUT2D eigenvalue weighted by atomic mass is 10.2. The SMILES string of the molecule is CCCNCCNC(=O)CCn1nnc2ccccc2c1=O.Cl. The highest BCUT2D eigenvalue weighted by Gasteiger charge is 2.07. The highest BCUT2D eigenvalue weighted by atomic mass is 35.5. The number of amides is 1. The Morgan fingerprint density at radius 3 is 2.78 bits per heavy atom. The van der Waals surface area contributed by atoms with E-state index in [4.69, 9.17) is 0 Å². The lowest BCUT2D eigenvalue weighted by Gasteiger charge is -2.07. The number of aromatic nitrogens is 3. The first-order valence-corrected chi connectivity index (χ1v) is 7.52. The maximum atomic E-state index is 12.2. The quantitative estimate of drug-likeness (QED) is 0.692. The van der Waals surface area contributed by atoms with Gasteiger partial charge in [0.05, 0.1) is 11.9 Å². The molecule has 0 atom stereocenters. The molecule has 1 aromatic heterocycles. The van der Waals surface area contributed by atoms with Crippen LogP contribution in [0.5, 0.6) is 0 Å². The zero-order valence-corrected chi connectivity index (χ0v) is 13.9. The third-order valence-corrected chi connectivity index (χ3v) is 3.23. The van der Waals surface area contributed by atoms with Crippen LogP contribution < -0.4 is 16.2 Å².